The quantitative estimate of drug-likeness (QED) is 0.789. The molecule has 0 saturated carbocycles. The predicted octanol–water partition coefficient (Wildman–Crippen LogP) is 1.24. The van der Waals surface area contributed by atoms with Crippen LogP contribution < -0.4 is 5.73 Å². The largest absolute Gasteiger partial charge is 0.384 e. The predicted molar refractivity (Wildman–Crippen MR) is 68.6 cm³/mol. The average Bonchev–Trinajstić information content (AvgIpc) is 2.28. The van der Waals surface area contributed by atoms with Gasteiger partial charge in [0.1, 0.15) is 0 Å². The van der Waals surface area contributed by atoms with Gasteiger partial charge >= 0.3 is 0 Å². The van der Waals surface area contributed by atoms with Gasteiger partial charge < -0.3 is 15.4 Å². The molecule has 1 aliphatic rings. The Morgan fingerprint density at radius 1 is 1.59 bits per heavy atom. The number of hydrogen-bond acceptors (Lipinski definition) is 3. The van der Waals surface area contributed by atoms with E-state index in [0.717, 1.165) is 19.4 Å². The van der Waals surface area contributed by atoms with Crippen LogP contribution in [0, 0.1) is 11.8 Å². The maximum absolute atomic E-state index is 12.2. The summed E-state index contributed by atoms with van der Waals surface area (Å²) in [7, 11) is 1.67. The molecule has 3 unspecified atom stereocenters. The van der Waals surface area contributed by atoms with Crippen LogP contribution >= 0.6 is 0 Å². The fourth-order valence-electron chi connectivity index (χ4n) is 2.56. The summed E-state index contributed by atoms with van der Waals surface area (Å²) in [5.74, 6) is 1.20. The minimum atomic E-state index is 0.233. The maximum Gasteiger partial charge on any atom is 0.223 e. The first-order chi connectivity index (χ1) is 8.08. The zero-order valence-electron chi connectivity index (χ0n) is 11.3. The molecular weight excluding hydrogens is 216 g/mol. The number of carbonyl (C=O) groups is 1. The van der Waals surface area contributed by atoms with E-state index in [-0.39, 0.29) is 17.9 Å². The van der Waals surface area contributed by atoms with Crippen molar-refractivity contribution >= 4 is 5.91 Å². The third-order valence-electron chi connectivity index (χ3n) is 3.54. The molecule has 100 valence electrons. The molecule has 1 amide bonds. The lowest BCUT2D eigenvalue weighted by molar-refractivity contribution is -0.136. The van der Waals surface area contributed by atoms with Gasteiger partial charge in [-0.25, -0.2) is 0 Å². The highest BCUT2D eigenvalue weighted by molar-refractivity contribution is 5.76. The zero-order chi connectivity index (χ0) is 12.8. The molecule has 1 heterocycles. The Bertz CT molecular complexity index is 246. The number of amides is 1. The van der Waals surface area contributed by atoms with Crippen molar-refractivity contribution in [1.82, 2.24) is 4.90 Å². The minimum absolute atomic E-state index is 0.233. The van der Waals surface area contributed by atoms with Gasteiger partial charge in [0.25, 0.3) is 0 Å². The van der Waals surface area contributed by atoms with Crippen molar-refractivity contribution in [3.05, 3.63) is 0 Å². The molecule has 17 heavy (non-hydrogen) atoms. The van der Waals surface area contributed by atoms with Crippen molar-refractivity contribution in [3.63, 3.8) is 0 Å². The van der Waals surface area contributed by atoms with Crippen molar-refractivity contribution in [2.45, 2.75) is 39.2 Å². The van der Waals surface area contributed by atoms with Crippen LogP contribution in [0.3, 0.4) is 0 Å². The average molecular weight is 242 g/mol. The Morgan fingerprint density at radius 2 is 2.29 bits per heavy atom. The normalized spacial score (nSPS) is 26.9. The van der Waals surface area contributed by atoms with E-state index in [4.69, 9.17) is 10.5 Å². The van der Waals surface area contributed by atoms with Gasteiger partial charge in [-0.05, 0) is 24.7 Å². The molecule has 1 rings (SSSR count). The Kier molecular flexibility index (Phi) is 5.92. The fourth-order valence-corrected chi connectivity index (χ4v) is 2.56. The highest BCUT2D eigenvalue weighted by Gasteiger charge is 2.29. The first kappa shape index (κ1) is 14.5. The summed E-state index contributed by atoms with van der Waals surface area (Å²) in [6.45, 7) is 6.36. The number of piperidine rings is 1. The van der Waals surface area contributed by atoms with Crippen LogP contribution in [0.4, 0.5) is 0 Å². The van der Waals surface area contributed by atoms with Gasteiger partial charge in [-0.1, -0.05) is 13.8 Å². The van der Waals surface area contributed by atoms with Crippen LogP contribution in [0.5, 0.6) is 0 Å². The third-order valence-corrected chi connectivity index (χ3v) is 3.54. The second-order valence-electron chi connectivity index (χ2n) is 5.37. The number of hydrogen-bond donors (Lipinski definition) is 1. The molecule has 0 aromatic rings. The molecule has 1 aliphatic heterocycles. The Balaban J connectivity index is 2.49. The van der Waals surface area contributed by atoms with Gasteiger partial charge in [0.05, 0.1) is 0 Å². The van der Waals surface area contributed by atoms with Crippen LogP contribution in [0.2, 0.25) is 0 Å². The molecule has 0 radical (unpaired) electrons. The number of carbonyl (C=O) groups excluding carboxylic acids is 1. The van der Waals surface area contributed by atoms with Crippen molar-refractivity contribution in [2.75, 3.05) is 26.8 Å². The number of methoxy groups -OCH3 is 1. The molecule has 2 N–H and O–H groups in total. The van der Waals surface area contributed by atoms with E-state index in [1.807, 2.05) is 11.8 Å². The van der Waals surface area contributed by atoms with Crippen molar-refractivity contribution < 1.29 is 9.53 Å². The second kappa shape index (κ2) is 6.97. The van der Waals surface area contributed by atoms with E-state index in [2.05, 4.69) is 6.92 Å². The lowest BCUT2D eigenvalue weighted by atomic mass is 9.91. The summed E-state index contributed by atoms with van der Waals surface area (Å²) in [6.07, 6.45) is 2.71. The van der Waals surface area contributed by atoms with E-state index >= 15 is 0 Å². The molecule has 4 heteroatoms. The van der Waals surface area contributed by atoms with Crippen LogP contribution in [0.15, 0.2) is 0 Å². The minimum Gasteiger partial charge on any atom is -0.384 e. The van der Waals surface area contributed by atoms with Gasteiger partial charge in [-0.15, -0.1) is 0 Å². The highest BCUT2D eigenvalue weighted by atomic mass is 16.5. The molecule has 1 saturated heterocycles. The summed E-state index contributed by atoms with van der Waals surface area (Å²) >= 11 is 0. The monoisotopic (exact) mass is 242 g/mol. The van der Waals surface area contributed by atoms with Gasteiger partial charge in [0.15, 0.2) is 0 Å². The van der Waals surface area contributed by atoms with E-state index in [1.54, 1.807) is 7.11 Å². The van der Waals surface area contributed by atoms with Crippen molar-refractivity contribution in [3.8, 4) is 0 Å². The van der Waals surface area contributed by atoms with Gasteiger partial charge in [0.2, 0.25) is 5.91 Å². The molecule has 4 nitrogen and oxygen atoms in total. The number of rotatable bonds is 5. The standard InChI is InChI=1S/C13H26N2O2/c1-10-4-5-15(12(6-10)8-14)13(16)7-11(2)9-17-3/h10-12H,4-9,14H2,1-3H3. The Hall–Kier alpha value is -0.610. The molecule has 0 aromatic heterocycles. The van der Waals surface area contributed by atoms with Crippen LogP contribution in [0.1, 0.15) is 33.1 Å². The number of ether oxygens (including phenoxy) is 1. The Morgan fingerprint density at radius 3 is 2.88 bits per heavy atom. The highest BCUT2D eigenvalue weighted by Crippen LogP contribution is 2.23. The topological polar surface area (TPSA) is 55.6 Å². The lowest BCUT2D eigenvalue weighted by Gasteiger charge is -2.38. The second-order valence-corrected chi connectivity index (χ2v) is 5.37. The SMILES string of the molecule is COCC(C)CC(=O)N1CCC(C)CC1CN. The molecule has 0 bridgehead atoms. The smallest absolute Gasteiger partial charge is 0.223 e. The summed E-state index contributed by atoms with van der Waals surface area (Å²) in [5.41, 5.74) is 5.76. The number of nitrogens with two attached hydrogens (primary N) is 1. The van der Waals surface area contributed by atoms with Crippen molar-refractivity contribution in [2.24, 2.45) is 17.6 Å². The van der Waals surface area contributed by atoms with Gasteiger partial charge in [-0.3, -0.25) is 4.79 Å². The molecule has 0 aromatic carbocycles. The summed E-state index contributed by atoms with van der Waals surface area (Å²) in [5, 5.41) is 0. The summed E-state index contributed by atoms with van der Waals surface area (Å²) in [6, 6.07) is 0.237. The third kappa shape index (κ3) is 4.28. The molecule has 1 fully saturated rings. The van der Waals surface area contributed by atoms with Gasteiger partial charge in [-0.2, -0.15) is 0 Å². The molecule has 0 spiro atoms. The van der Waals surface area contributed by atoms with Crippen LogP contribution in [-0.4, -0.2) is 43.7 Å². The molecule has 0 aliphatic carbocycles. The first-order valence-corrected chi connectivity index (χ1v) is 6.57. The van der Waals surface area contributed by atoms with Crippen LogP contribution in [0.25, 0.3) is 0 Å². The van der Waals surface area contributed by atoms with E-state index in [1.165, 1.54) is 0 Å². The fraction of sp³-hybridized carbons (Fsp3) is 0.923. The molecule has 3 atom stereocenters. The maximum atomic E-state index is 12.2. The molecular formula is C13H26N2O2. The number of likely N-dealkylation sites (tertiary alicyclic amines) is 1. The zero-order valence-corrected chi connectivity index (χ0v) is 11.3. The van der Waals surface area contributed by atoms with Crippen LogP contribution in [-0.2, 0) is 9.53 Å². The van der Waals surface area contributed by atoms with E-state index in [0.29, 0.717) is 25.5 Å². The summed E-state index contributed by atoms with van der Waals surface area (Å²) < 4.78 is 5.07. The number of nitrogens with zero attached hydrogens (tertiary/aromatic N) is 1. The summed E-state index contributed by atoms with van der Waals surface area (Å²) in [4.78, 5) is 14.2. The van der Waals surface area contributed by atoms with E-state index in [9.17, 15) is 4.79 Å². The first-order valence-electron chi connectivity index (χ1n) is 6.57. The van der Waals surface area contributed by atoms with Crippen molar-refractivity contribution in [1.29, 1.82) is 0 Å². The Labute approximate surface area is 104 Å². The van der Waals surface area contributed by atoms with Gasteiger partial charge in [0, 0.05) is 39.3 Å². The lowest BCUT2D eigenvalue weighted by Crippen LogP contribution is -2.49. The van der Waals surface area contributed by atoms with E-state index < -0.39 is 0 Å².